The Morgan fingerprint density at radius 2 is 1.79 bits per heavy atom. The smallest absolute Gasteiger partial charge is 0.160 e. The second-order valence-electron chi connectivity index (χ2n) is 5.23. The van der Waals surface area contributed by atoms with Crippen molar-refractivity contribution >= 4 is 0 Å². The van der Waals surface area contributed by atoms with E-state index in [2.05, 4.69) is 31.3 Å². The van der Waals surface area contributed by atoms with E-state index in [-0.39, 0.29) is 0 Å². The molecule has 1 N–H and O–H groups in total. The van der Waals surface area contributed by atoms with E-state index in [4.69, 9.17) is 9.47 Å². The van der Waals surface area contributed by atoms with Crippen LogP contribution in [0.15, 0.2) is 18.2 Å². The van der Waals surface area contributed by atoms with Crippen molar-refractivity contribution in [1.29, 1.82) is 0 Å². The van der Waals surface area contributed by atoms with E-state index in [1.807, 2.05) is 6.07 Å². The van der Waals surface area contributed by atoms with Gasteiger partial charge in [0.05, 0.1) is 14.2 Å². The minimum atomic E-state index is 0.776. The molecule has 0 atom stereocenters. The summed E-state index contributed by atoms with van der Waals surface area (Å²) in [5.74, 6) is 2.38. The number of hydrogen-bond donors (Lipinski definition) is 1. The summed E-state index contributed by atoms with van der Waals surface area (Å²) >= 11 is 0. The molecule has 0 bridgehead atoms. The van der Waals surface area contributed by atoms with Gasteiger partial charge in [-0.05, 0) is 56.0 Å². The van der Waals surface area contributed by atoms with Crippen LogP contribution in [0.25, 0.3) is 0 Å². The lowest BCUT2D eigenvalue weighted by atomic mass is 10.1. The Labute approximate surface area is 117 Å². The molecule has 0 amide bonds. The Kier molecular flexibility index (Phi) is 7.34. The van der Waals surface area contributed by atoms with E-state index in [1.165, 1.54) is 12.0 Å². The van der Waals surface area contributed by atoms with Gasteiger partial charge >= 0.3 is 0 Å². The predicted octanol–water partition coefficient (Wildman–Crippen LogP) is 3.27. The standard InChI is InChI=1S/C16H27NO2/c1-13(2)9-11-17-10-5-6-14-7-8-15(18-3)16(12-14)19-4/h7-8,12-13,17H,5-6,9-11H2,1-4H3. The first-order valence-corrected chi connectivity index (χ1v) is 7.09. The van der Waals surface area contributed by atoms with Crippen LogP contribution in [0.3, 0.4) is 0 Å². The molecule has 19 heavy (non-hydrogen) atoms. The van der Waals surface area contributed by atoms with E-state index in [1.54, 1.807) is 14.2 Å². The van der Waals surface area contributed by atoms with Crippen LogP contribution in [0.5, 0.6) is 11.5 Å². The minimum Gasteiger partial charge on any atom is -0.493 e. The fourth-order valence-electron chi connectivity index (χ4n) is 1.97. The van der Waals surface area contributed by atoms with Crippen LogP contribution in [0.4, 0.5) is 0 Å². The summed E-state index contributed by atoms with van der Waals surface area (Å²) in [5.41, 5.74) is 1.29. The number of rotatable bonds is 9. The van der Waals surface area contributed by atoms with E-state index < -0.39 is 0 Å². The maximum atomic E-state index is 5.31. The number of aryl methyl sites for hydroxylation is 1. The zero-order chi connectivity index (χ0) is 14.1. The Bertz CT molecular complexity index is 364. The summed E-state index contributed by atoms with van der Waals surface area (Å²) in [5, 5.41) is 3.48. The lowest BCUT2D eigenvalue weighted by Gasteiger charge is -2.10. The van der Waals surface area contributed by atoms with Gasteiger partial charge in [-0.15, -0.1) is 0 Å². The van der Waals surface area contributed by atoms with Crippen LogP contribution in [0, 0.1) is 5.92 Å². The number of benzene rings is 1. The highest BCUT2D eigenvalue weighted by Crippen LogP contribution is 2.27. The van der Waals surface area contributed by atoms with E-state index in [0.29, 0.717) is 0 Å². The predicted molar refractivity (Wildman–Crippen MR) is 80.2 cm³/mol. The van der Waals surface area contributed by atoms with Crippen molar-refractivity contribution in [3.8, 4) is 11.5 Å². The molecule has 0 aromatic heterocycles. The molecule has 0 aliphatic rings. The average molecular weight is 265 g/mol. The number of methoxy groups -OCH3 is 2. The molecule has 1 rings (SSSR count). The normalized spacial score (nSPS) is 10.8. The fourth-order valence-corrected chi connectivity index (χ4v) is 1.97. The zero-order valence-electron chi connectivity index (χ0n) is 12.7. The summed E-state index contributed by atoms with van der Waals surface area (Å²) in [6, 6.07) is 6.14. The van der Waals surface area contributed by atoms with E-state index >= 15 is 0 Å². The molecule has 0 saturated heterocycles. The van der Waals surface area contributed by atoms with Crippen molar-refractivity contribution in [1.82, 2.24) is 5.32 Å². The molecule has 0 heterocycles. The number of ether oxygens (including phenoxy) is 2. The molecule has 3 heteroatoms. The topological polar surface area (TPSA) is 30.5 Å². The Morgan fingerprint density at radius 1 is 1.05 bits per heavy atom. The number of hydrogen-bond acceptors (Lipinski definition) is 3. The average Bonchev–Trinajstić information content (AvgIpc) is 2.42. The Balaban J connectivity index is 2.29. The molecule has 108 valence electrons. The molecule has 1 aromatic rings. The van der Waals surface area contributed by atoms with Crippen LogP contribution >= 0.6 is 0 Å². The van der Waals surface area contributed by atoms with Crippen molar-refractivity contribution in [3.63, 3.8) is 0 Å². The summed E-state index contributed by atoms with van der Waals surface area (Å²) in [7, 11) is 3.34. The van der Waals surface area contributed by atoms with Crippen LogP contribution in [0.1, 0.15) is 32.3 Å². The van der Waals surface area contributed by atoms with Gasteiger partial charge in [0, 0.05) is 0 Å². The second-order valence-corrected chi connectivity index (χ2v) is 5.23. The Morgan fingerprint density at radius 3 is 2.42 bits per heavy atom. The van der Waals surface area contributed by atoms with Crippen molar-refractivity contribution in [2.75, 3.05) is 27.3 Å². The van der Waals surface area contributed by atoms with Crippen molar-refractivity contribution in [2.24, 2.45) is 5.92 Å². The quantitative estimate of drug-likeness (QED) is 0.695. The van der Waals surface area contributed by atoms with Crippen molar-refractivity contribution in [2.45, 2.75) is 33.1 Å². The molecule has 0 aliphatic carbocycles. The SMILES string of the molecule is COc1ccc(CCCNCCC(C)C)cc1OC. The third-order valence-corrected chi connectivity index (χ3v) is 3.17. The van der Waals surface area contributed by atoms with Gasteiger partial charge in [0.1, 0.15) is 0 Å². The second kappa shape index (κ2) is 8.81. The third kappa shape index (κ3) is 5.97. The molecule has 0 saturated carbocycles. The first-order valence-electron chi connectivity index (χ1n) is 7.09. The summed E-state index contributed by atoms with van der Waals surface area (Å²) in [6.45, 7) is 6.70. The van der Waals surface area contributed by atoms with Crippen molar-refractivity contribution in [3.05, 3.63) is 23.8 Å². The molecule has 3 nitrogen and oxygen atoms in total. The maximum Gasteiger partial charge on any atom is 0.160 e. The van der Waals surface area contributed by atoms with Gasteiger partial charge in [-0.3, -0.25) is 0 Å². The molecule has 0 unspecified atom stereocenters. The highest BCUT2D eigenvalue weighted by Gasteiger charge is 2.04. The monoisotopic (exact) mass is 265 g/mol. The van der Waals surface area contributed by atoms with Crippen LogP contribution < -0.4 is 14.8 Å². The molecular formula is C16H27NO2. The van der Waals surface area contributed by atoms with Gasteiger partial charge in [0.2, 0.25) is 0 Å². The van der Waals surface area contributed by atoms with Crippen LogP contribution in [0.2, 0.25) is 0 Å². The van der Waals surface area contributed by atoms with Gasteiger partial charge in [-0.25, -0.2) is 0 Å². The first-order chi connectivity index (χ1) is 9.17. The molecule has 0 fully saturated rings. The van der Waals surface area contributed by atoms with Crippen LogP contribution in [-0.2, 0) is 6.42 Å². The van der Waals surface area contributed by atoms with E-state index in [9.17, 15) is 0 Å². The summed E-state index contributed by atoms with van der Waals surface area (Å²) in [6.07, 6.45) is 3.46. The Hall–Kier alpha value is -1.22. The highest BCUT2D eigenvalue weighted by molar-refractivity contribution is 5.42. The number of nitrogens with one attached hydrogen (secondary N) is 1. The molecule has 0 spiro atoms. The largest absolute Gasteiger partial charge is 0.493 e. The maximum absolute atomic E-state index is 5.31. The third-order valence-electron chi connectivity index (χ3n) is 3.17. The van der Waals surface area contributed by atoms with E-state index in [0.717, 1.165) is 43.3 Å². The molecule has 1 aromatic carbocycles. The fraction of sp³-hybridized carbons (Fsp3) is 0.625. The van der Waals surface area contributed by atoms with Crippen LogP contribution in [-0.4, -0.2) is 27.3 Å². The highest BCUT2D eigenvalue weighted by atomic mass is 16.5. The molecular weight excluding hydrogens is 238 g/mol. The summed E-state index contributed by atoms with van der Waals surface area (Å²) in [4.78, 5) is 0. The summed E-state index contributed by atoms with van der Waals surface area (Å²) < 4.78 is 10.5. The van der Waals surface area contributed by atoms with Gasteiger partial charge in [0.25, 0.3) is 0 Å². The van der Waals surface area contributed by atoms with Gasteiger partial charge in [0.15, 0.2) is 11.5 Å². The minimum absolute atomic E-state index is 0.776. The lowest BCUT2D eigenvalue weighted by Crippen LogP contribution is -2.18. The van der Waals surface area contributed by atoms with Gasteiger partial charge < -0.3 is 14.8 Å². The first kappa shape index (κ1) is 15.8. The molecule has 0 aliphatic heterocycles. The van der Waals surface area contributed by atoms with Gasteiger partial charge in [-0.1, -0.05) is 19.9 Å². The molecule has 0 radical (unpaired) electrons. The van der Waals surface area contributed by atoms with Crippen molar-refractivity contribution < 1.29 is 9.47 Å². The zero-order valence-corrected chi connectivity index (χ0v) is 12.7. The van der Waals surface area contributed by atoms with Gasteiger partial charge in [-0.2, -0.15) is 0 Å². The lowest BCUT2D eigenvalue weighted by molar-refractivity contribution is 0.354.